The van der Waals surface area contributed by atoms with Gasteiger partial charge in [0.05, 0.1) is 12.1 Å². The van der Waals surface area contributed by atoms with E-state index in [9.17, 15) is 9.59 Å². The molecule has 1 aromatic carbocycles. The molecule has 7 heteroatoms. The standard InChI is InChI=1S/C18H23N5O2/c1-10-16-12(11-5-2-3-6-13(11)21-16)9-15(20-10)18(25)23-22-17(24)14-7-4-8-19-14/h2-3,5-6,10,14-15,19-21H,4,7-9H2,1H3,(H,22,24)(H,23,25)/t10-,14-,15-/m0/s1. The van der Waals surface area contributed by atoms with Crippen LogP contribution in [0.1, 0.15) is 37.1 Å². The van der Waals surface area contributed by atoms with Gasteiger partial charge in [-0.3, -0.25) is 25.8 Å². The smallest absolute Gasteiger partial charge is 0.255 e. The topological polar surface area (TPSA) is 98.1 Å². The summed E-state index contributed by atoms with van der Waals surface area (Å²) in [4.78, 5) is 28.0. The Morgan fingerprint density at radius 2 is 1.88 bits per heavy atom. The number of aromatic nitrogens is 1. The molecular formula is C18H23N5O2. The second kappa shape index (κ2) is 6.50. The van der Waals surface area contributed by atoms with Crippen molar-refractivity contribution in [2.24, 2.45) is 0 Å². The minimum absolute atomic E-state index is 0.0408. The maximum absolute atomic E-state index is 12.5. The van der Waals surface area contributed by atoms with Crippen LogP contribution >= 0.6 is 0 Å². The van der Waals surface area contributed by atoms with Crippen LogP contribution in [0.3, 0.4) is 0 Å². The molecule has 0 unspecified atom stereocenters. The zero-order valence-electron chi connectivity index (χ0n) is 14.2. The fraction of sp³-hybridized carbons (Fsp3) is 0.444. The van der Waals surface area contributed by atoms with Gasteiger partial charge in [-0.15, -0.1) is 0 Å². The first-order chi connectivity index (χ1) is 12.1. The minimum atomic E-state index is -0.376. The van der Waals surface area contributed by atoms with Crippen LogP contribution in [0.25, 0.3) is 10.9 Å². The van der Waals surface area contributed by atoms with E-state index in [1.54, 1.807) is 0 Å². The average molecular weight is 341 g/mol. The fourth-order valence-corrected chi connectivity index (χ4v) is 3.83. The second-order valence-corrected chi connectivity index (χ2v) is 6.84. The Morgan fingerprint density at radius 1 is 1.12 bits per heavy atom. The third kappa shape index (κ3) is 3.01. The number of hydrogen-bond donors (Lipinski definition) is 5. The van der Waals surface area contributed by atoms with Crippen LogP contribution in [0, 0.1) is 0 Å². The normalized spacial score (nSPS) is 25.6. The Labute approximate surface area is 145 Å². The van der Waals surface area contributed by atoms with Crippen LogP contribution in [-0.2, 0) is 16.0 Å². The SMILES string of the molecule is C[C@@H]1N[C@H](C(=O)NNC(=O)[C@@H]2CCCN2)Cc2c1[nH]c1ccccc21. The highest BCUT2D eigenvalue weighted by Crippen LogP contribution is 2.31. The summed E-state index contributed by atoms with van der Waals surface area (Å²) in [7, 11) is 0. The van der Waals surface area contributed by atoms with Crippen molar-refractivity contribution >= 4 is 22.7 Å². The van der Waals surface area contributed by atoms with Gasteiger partial charge in [0.2, 0.25) is 0 Å². The van der Waals surface area contributed by atoms with Crippen LogP contribution in [0.5, 0.6) is 0 Å². The maximum atomic E-state index is 12.5. The molecule has 1 fully saturated rings. The van der Waals surface area contributed by atoms with Crippen LogP contribution in [-0.4, -0.2) is 35.4 Å². The summed E-state index contributed by atoms with van der Waals surface area (Å²) in [6, 6.07) is 7.58. The average Bonchev–Trinajstić information content (AvgIpc) is 3.27. The Balaban J connectivity index is 1.45. The van der Waals surface area contributed by atoms with Crippen molar-refractivity contribution in [1.29, 1.82) is 0 Å². The molecule has 132 valence electrons. The summed E-state index contributed by atoms with van der Waals surface area (Å²) in [6.07, 6.45) is 2.38. The van der Waals surface area contributed by atoms with Crippen molar-refractivity contribution in [3.63, 3.8) is 0 Å². The first-order valence-corrected chi connectivity index (χ1v) is 8.82. The third-order valence-corrected chi connectivity index (χ3v) is 5.14. The van der Waals surface area contributed by atoms with Crippen molar-refractivity contribution in [3.8, 4) is 0 Å². The number of aromatic amines is 1. The third-order valence-electron chi connectivity index (χ3n) is 5.14. The van der Waals surface area contributed by atoms with E-state index in [0.29, 0.717) is 6.42 Å². The number of benzene rings is 1. The number of nitrogens with one attached hydrogen (secondary N) is 5. The van der Waals surface area contributed by atoms with Crippen molar-refractivity contribution in [3.05, 3.63) is 35.5 Å². The van der Waals surface area contributed by atoms with Crippen LogP contribution < -0.4 is 21.5 Å². The molecule has 0 spiro atoms. The van der Waals surface area contributed by atoms with Gasteiger partial charge >= 0.3 is 0 Å². The molecule has 5 N–H and O–H groups in total. The number of fused-ring (bicyclic) bond motifs is 3. The number of para-hydroxylation sites is 1. The lowest BCUT2D eigenvalue weighted by atomic mass is 9.94. The van der Waals surface area contributed by atoms with E-state index in [1.807, 2.05) is 25.1 Å². The van der Waals surface area contributed by atoms with Gasteiger partial charge in [0.25, 0.3) is 11.8 Å². The summed E-state index contributed by atoms with van der Waals surface area (Å²) in [5.74, 6) is -0.392. The first-order valence-electron chi connectivity index (χ1n) is 8.82. The molecule has 1 saturated heterocycles. The molecule has 0 aliphatic carbocycles. The lowest BCUT2D eigenvalue weighted by Gasteiger charge is -2.28. The molecule has 2 amide bonds. The summed E-state index contributed by atoms with van der Waals surface area (Å²) in [6.45, 7) is 2.88. The van der Waals surface area contributed by atoms with Gasteiger partial charge in [-0.2, -0.15) is 0 Å². The Bertz CT molecular complexity index is 809. The number of carbonyl (C=O) groups excluding carboxylic acids is 2. The lowest BCUT2D eigenvalue weighted by molar-refractivity contribution is -0.131. The van der Waals surface area contributed by atoms with Crippen molar-refractivity contribution in [2.45, 2.75) is 44.3 Å². The molecule has 1 aromatic heterocycles. The molecule has 2 aliphatic rings. The molecule has 3 atom stereocenters. The number of amides is 2. The highest BCUT2D eigenvalue weighted by molar-refractivity contribution is 5.90. The van der Waals surface area contributed by atoms with Gasteiger partial charge in [0.1, 0.15) is 0 Å². The molecule has 0 saturated carbocycles. The molecule has 0 radical (unpaired) electrons. The molecule has 2 aliphatic heterocycles. The Morgan fingerprint density at radius 3 is 2.64 bits per heavy atom. The Hall–Kier alpha value is -2.38. The minimum Gasteiger partial charge on any atom is -0.357 e. The van der Waals surface area contributed by atoms with E-state index >= 15 is 0 Å². The molecule has 3 heterocycles. The quantitative estimate of drug-likeness (QED) is 0.518. The molecule has 4 rings (SSSR count). The van der Waals surface area contributed by atoms with Gasteiger partial charge in [-0.1, -0.05) is 18.2 Å². The number of hydrazine groups is 1. The van der Waals surface area contributed by atoms with E-state index < -0.39 is 0 Å². The number of carbonyl (C=O) groups is 2. The van der Waals surface area contributed by atoms with E-state index in [4.69, 9.17) is 0 Å². The van der Waals surface area contributed by atoms with E-state index in [0.717, 1.165) is 36.0 Å². The number of rotatable bonds is 2. The predicted molar refractivity (Wildman–Crippen MR) is 94.7 cm³/mol. The van der Waals surface area contributed by atoms with Crippen LogP contribution in [0.15, 0.2) is 24.3 Å². The zero-order chi connectivity index (χ0) is 17.4. The Kier molecular flexibility index (Phi) is 4.19. The fourth-order valence-electron chi connectivity index (χ4n) is 3.83. The van der Waals surface area contributed by atoms with Crippen LogP contribution in [0.4, 0.5) is 0 Å². The van der Waals surface area contributed by atoms with Crippen molar-refractivity contribution < 1.29 is 9.59 Å². The summed E-state index contributed by atoms with van der Waals surface area (Å²) in [5, 5.41) is 7.58. The highest BCUT2D eigenvalue weighted by atomic mass is 16.2. The predicted octanol–water partition coefficient (Wildman–Crippen LogP) is 0.643. The largest absolute Gasteiger partial charge is 0.357 e. The van der Waals surface area contributed by atoms with Gasteiger partial charge in [-0.05, 0) is 44.4 Å². The molecule has 0 bridgehead atoms. The first kappa shape index (κ1) is 16.1. The van der Waals surface area contributed by atoms with E-state index in [2.05, 4.69) is 32.5 Å². The van der Waals surface area contributed by atoms with Gasteiger partial charge in [0.15, 0.2) is 0 Å². The molecular weight excluding hydrogens is 318 g/mol. The van der Waals surface area contributed by atoms with Crippen molar-refractivity contribution in [1.82, 2.24) is 26.5 Å². The molecule has 7 nitrogen and oxygen atoms in total. The van der Waals surface area contributed by atoms with Gasteiger partial charge in [0, 0.05) is 22.6 Å². The lowest BCUT2D eigenvalue weighted by Crippen LogP contribution is -2.56. The molecule has 2 aromatic rings. The van der Waals surface area contributed by atoms with Crippen molar-refractivity contribution in [2.75, 3.05) is 6.54 Å². The highest BCUT2D eigenvalue weighted by Gasteiger charge is 2.31. The van der Waals surface area contributed by atoms with Gasteiger partial charge < -0.3 is 10.3 Å². The monoisotopic (exact) mass is 341 g/mol. The van der Waals surface area contributed by atoms with E-state index in [1.165, 1.54) is 5.56 Å². The summed E-state index contributed by atoms with van der Waals surface area (Å²) >= 11 is 0. The second-order valence-electron chi connectivity index (χ2n) is 6.84. The van der Waals surface area contributed by atoms with Gasteiger partial charge in [-0.25, -0.2) is 0 Å². The maximum Gasteiger partial charge on any atom is 0.255 e. The van der Waals surface area contributed by atoms with E-state index in [-0.39, 0.29) is 29.9 Å². The molecule has 25 heavy (non-hydrogen) atoms. The van der Waals surface area contributed by atoms with Crippen LogP contribution in [0.2, 0.25) is 0 Å². The number of H-pyrrole nitrogens is 1. The summed E-state index contributed by atoms with van der Waals surface area (Å²) < 4.78 is 0. The summed E-state index contributed by atoms with van der Waals surface area (Å²) in [5.41, 5.74) is 8.50. The number of hydrogen-bond acceptors (Lipinski definition) is 4. The zero-order valence-corrected chi connectivity index (χ0v) is 14.2.